The molecule has 2 heterocycles. The Morgan fingerprint density at radius 1 is 1.04 bits per heavy atom. The molecule has 0 amide bonds. The lowest BCUT2D eigenvalue weighted by Gasteiger charge is -2.33. The second-order valence-electron chi connectivity index (χ2n) is 7.15. The molecule has 4 rings (SSSR count). The highest BCUT2D eigenvalue weighted by atomic mass is 32.2. The van der Waals surface area contributed by atoms with E-state index in [-0.39, 0.29) is 0 Å². The maximum atomic E-state index is 13.0. The van der Waals surface area contributed by atoms with E-state index in [4.69, 9.17) is 0 Å². The van der Waals surface area contributed by atoms with Gasteiger partial charge in [0, 0.05) is 26.2 Å². The second-order valence-corrected chi connectivity index (χ2v) is 9.06. The van der Waals surface area contributed by atoms with E-state index in [0.717, 1.165) is 28.0 Å². The van der Waals surface area contributed by atoms with Crippen molar-refractivity contribution in [3.8, 4) is 0 Å². The molecule has 1 fully saturated rings. The highest BCUT2D eigenvalue weighted by Crippen LogP contribution is 2.23. The molecule has 1 aliphatic heterocycles. The van der Waals surface area contributed by atoms with Crippen LogP contribution in [0.3, 0.4) is 0 Å². The normalized spacial score (nSPS) is 16.8. The van der Waals surface area contributed by atoms with E-state index >= 15 is 0 Å². The Morgan fingerprint density at radius 3 is 2.52 bits per heavy atom. The fourth-order valence-electron chi connectivity index (χ4n) is 3.54. The number of piperazine rings is 1. The molecule has 142 valence electrons. The largest absolute Gasteiger partial charge is 0.341 e. The van der Waals surface area contributed by atoms with Gasteiger partial charge in [-0.25, -0.2) is 13.4 Å². The molecule has 0 unspecified atom stereocenters. The molecule has 1 aliphatic rings. The summed E-state index contributed by atoms with van der Waals surface area (Å²) in [6.45, 7) is 6.86. The summed E-state index contributed by atoms with van der Waals surface area (Å²) >= 11 is 0. The summed E-state index contributed by atoms with van der Waals surface area (Å²) in [4.78, 5) is 10.6. The number of aromatic nitrogens is 2. The summed E-state index contributed by atoms with van der Waals surface area (Å²) in [7, 11) is -3.45. The zero-order valence-corrected chi connectivity index (χ0v) is 16.5. The number of aryl methyl sites for hydroxylation is 2. The van der Waals surface area contributed by atoms with E-state index in [2.05, 4.69) is 14.9 Å². The van der Waals surface area contributed by atoms with Crippen LogP contribution in [0.2, 0.25) is 0 Å². The monoisotopic (exact) mass is 384 g/mol. The average molecular weight is 385 g/mol. The van der Waals surface area contributed by atoms with Gasteiger partial charge in [0.15, 0.2) is 0 Å². The van der Waals surface area contributed by atoms with Gasteiger partial charge in [0.05, 0.1) is 22.5 Å². The van der Waals surface area contributed by atoms with Crippen LogP contribution in [0.5, 0.6) is 0 Å². The standard InChI is InChI=1S/C20H24N4O2S/c1-15-7-8-16(2)19(13-15)27(25,26)24-11-9-23(10-12-24)14-20-21-17-5-3-4-6-18(17)22-20/h3-8,13H,9-12,14H2,1-2H3,(H,21,22). The third kappa shape index (κ3) is 3.63. The number of rotatable bonds is 4. The van der Waals surface area contributed by atoms with Gasteiger partial charge in [0.25, 0.3) is 0 Å². The molecule has 1 saturated heterocycles. The molecular weight excluding hydrogens is 360 g/mol. The number of nitrogens with one attached hydrogen (secondary N) is 1. The van der Waals surface area contributed by atoms with Gasteiger partial charge < -0.3 is 4.98 Å². The predicted octanol–water partition coefficient (Wildman–Crippen LogP) is 2.69. The van der Waals surface area contributed by atoms with Gasteiger partial charge >= 0.3 is 0 Å². The maximum Gasteiger partial charge on any atom is 0.243 e. The Bertz CT molecular complexity index is 1030. The maximum absolute atomic E-state index is 13.0. The molecule has 3 aromatic rings. The summed E-state index contributed by atoms with van der Waals surface area (Å²) in [5.74, 6) is 0.919. The molecule has 7 heteroatoms. The number of nitrogens with zero attached hydrogens (tertiary/aromatic N) is 3. The first kappa shape index (κ1) is 18.2. The van der Waals surface area contributed by atoms with Gasteiger partial charge in [0.2, 0.25) is 10.0 Å². The summed E-state index contributed by atoms with van der Waals surface area (Å²) in [6.07, 6.45) is 0. The van der Waals surface area contributed by atoms with Crippen LogP contribution in [0.4, 0.5) is 0 Å². The van der Waals surface area contributed by atoms with Crippen LogP contribution in [0.15, 0.2) is 47.4 Å². The van der Waals surface area contributed by atoms with Crippen LogP contribution in [-0.2, 0) is 16.6 Å². The number of fused-ring (bicyclic) bond motifs is 1. The summed E-state index contributed by atoms with van der Waals surface area (Å²) in [5, 5.41) is 0. The minimum atomic E-state index is -3.45. The van der Waals surface area contributed by atoms with Gasteiger partial charge in [-0.2, -0.15) is 4.31 Å². The third-order valence-electron chi connectivity index (χ3n) is 5.10. The molecule has 0 spiro atoms. The van der Waals surface area contributed by atoms with Gasteiger partial charge in [-0.1, -0.05) is 24.3 Å². The van der Waals surface area contributed by atoms with Crippen molar-refractivity contribution in [3.05, 3.63) is 59.4 Å². The van der Waals surface area contributed by atoms with E-state index in [9.17, 15) is 8.42 Å². The average Bonchev–Trinajstić information content (AvgIpc) is 3.06. The number of sulfonamides is 1. The van der Waals surface area contributed by atoms with Crippen LogP contribution in [0.1, 0.15) is 17.0 Å². The number of benzene rings is 2. The lowest BCUT2D eigenvalue weighted by molar-refractivity contribution is 0.178. The Kier molecular flexibility index (Phi) is 4.75. The molecule has 0 aliphatic carbocycles. The SMILES string of the molecule is Cc1ccc(C)c(S(=O)(=O)N2CCN(Cc3nc4ccccc4[nH]3)CC2)c1. The zero-order chi connectivity index (χ0) is 19.0. The quantitative estimate of drug-likeness (QED) is 0.751. The van der Waals surface area contributed by atoms with Crippen molar-refractivity contribution in [3.63, 3.8) is 0 Å². The third-order valence-corrected chi connectivity index (χ3v) is 7.15. The van der Waals surface area contributed by atoms with E-state index in [1.807, 2.05) is 50.2 Å². The van der Waals surface area contributed by atoms with Gasteiger partial charge in [-0.15, -0.1) is 0 Å². The molecular formula is C20H24N4O2S. The van der Waals surface area contributed by atoms with Crippen molar-refractivity contribution in [2.45, 2.75) is 25.3 Å². The fraction of sp³-hybridized carbons (Fsp3) is 0.350. The minimum absolute atomic E-state index is 0.424. The van der Waals surface area contributed by atoms with Crippen molar-refractivity contribution in [1.82, 2.24) is 19.2 Å². The highest BCUT2D eigenvalue weighted by Gasteiger charge is 2.29. The molecule has 2 aromatic carbocycles. The number of H-pyrrole nitrogens is 1. The topological polar surface area (TPSA) is 69.3 Å². The molecule has 6 nitrogen and oxygen atoms in total. The Hall–Kier alpha value is -2.22. The van der Waals surface area contributed by atoms with Crippen molar-refractivity contribution in [2.75, 3.05) is 26.2 Å². The fourth-order valence-corrected chi connectivity index (χ4v) is 5.28. The van der Waals surface area contributed by atoms with Crippen molar-refractivity contribution >= 4 is 21.1 Å². The van der Waals surface area contributed by atoms with Crippen LogP contribution >= 0.6 is 0 Å². The van der Waals surface area contributed by atoms with Gasteiger partial charge in [0.1, 0.15) is 5.82 Å². The Balaban J connectivity index is 1.44. The smallest absolute Gasteiger partial charge is 0.243 e. The van der Waals surface area contributed by atoms with Crippen LogP contribution < -0.4 is 0 Å². The molecule has 1 N–H and O–H groups in total. The van der Waals surface area contributed by atoms with E-state index < -0.39 is 10.0 Å². The van der Waals surface area contributed by atoms with Crippen molar-refractivity contribution in [2.24, 2.45) is 0 Å². The Labute approximate surface area is 159 Å². The number of aromatic amines is 1. The minimum Gasteiger partial charge on any atom is -0.341 e. The highest BCUT2D eigenvalue weighted by molar-refractivity contribution is 7.89. The molecule has 0 saturated carbocycles. The summed E-state index contributed by atoms with van der Waals surface area (Å²) in [5.41, 5.74) is 3.75. The molecule has 0 atom stereocenters. The predicted molar refractivity (Wildman–Crippen MR) is 106 cm³/mol. The summed E-state index contributed by atoms with van der Waals surface area (Å²) in [6, 6.07) is 13.6. The lowest BCUT2D eigenvalue weighted by Crippen LogP contribution is -2.48. The van der Waals surface area contributed by atoms with Crippen molar-refractivity contribution in [1.29, 1.82) is 0 Å². The first-order valence-corrected chi connectivity index (χ1v) is 10.6. The number of imidazole rings is 1. The molecule has 0 radical (unpaired) electrons. The second kappa shape index (κ2) is 7.07. The lowest BCUT2D eigenvalue weighted by atomic mass is 10.2. The van der Waals surface area contributed by atoms with Crippen LogP contribution in [0.25, 0.3) is 11.0 Å². The van der Waals surface area contributed by atoms with Crippen LogP contribution in [-0.4, -0.2) is 53.8 Å². The molecule has 1 aromatic heterocycles. The zero-order valence-electron chi connectivity index (χ0n) is 15.6. The molecule has 27 heavy (non-hydrogen) atoms. The summed E-state index contributed by atoms with van der Waals surface area (Å²) < 4.78 is 27.7. The van der Waals surface area contributed by atoms with Crippen LogP contribution in [0, 0.1) is 13.8 Å². The van der Waals surface area contributed by atoms with E-state index in [1.165, 1.54) is 0 Å². The van der Waals surface area contributed by atoms with Gasteiger partial charge in [-0.05, 0) is 43.2 Å². The van der Waals surface area contributed by atoms with Gasteiger partial charge in [-0.3, -0.25) is 4.90 Å². The van der Waals surface area contributed by atoms with E-state index in [0.29, 0.717) is 37.6 Å². The Morgan fingerprint density at radius 2 is 1.78 bits per heavy atom. The van der Waals surface area contributed by atoms with Crippen molar-refractivity contribution < 1.29 is 8.42 Å². The van der Waals surface area contributed by atoms with E-state index in [1.54, 1.807) is 10.4 Å². The molecule has 0 bridgehead atoms. The first-order chi connectivity index (χ1) is 12.9. The number of hydrogen-bond donors (Lipinski definition) is 1. The number of para-hydroxylation sites is 2. The first-order valence-electron chi connectivity index (χ1n) is 9.17. The number of hydrogen-bond acceptors (Lipinski definition) is 4.